The Hall–Kier alpha value is -2.42. The highest BCUT2D eigenvalue weighted by Gasteiger charge is 2.28. The molecule has 3 rings (SSSR count). The Bertz CT molecular complexity index is 1000. The number of primary sulfonamides is 1. The molecular formula is C20H22ClN3O4S. The van der Waals surface area contributed by atoms with E-state index in [2.05, 4.69) is 5.32 Å². The normalized spacial score (nSPS) is 15.2. The van der Waals surface area contributed by atoms with Gasteiger partial charge in [0.15, 0.2) is 0 Å². The third kappa shape index (κ3) is 5.35. The predicted molar refractivity (Wildman–Crippen MR) is 110 cm³/mol. The smallest absolute Gasteiger partial charge is 0.253 e. The van der Waals surface area contributed by atoms with Crippen molar-refractivity contribution in [3.8, 4) is 0 Å². The predicted octanol–water partition coefficient (Wildman–Crippen LogP) is 2.16. The standard InChI is InChI=1S/C20H22ClN3O4S/c21-18-4-2-1-3-16(18)13-23-19(25)14-9-11-24(12-10-14)20(26)15-5-7-17(8-6-15)29(22,27)28/h1-8,14H,9-13H2,(H,23,25)(H2,22,27,28). The Morgan fingerprint density at radius 1 is 1.07 bits per heavy atom. The largest absolute Gasteiger partial charge is 0.352 e. The summed E-state index contributed by atoms with van der Waals surface area (Å²) in [6.45, 7) is 1.29. The van der Waals surface area contributed by atoms with E-state index in [4.69, 9.17) is 16.7 Å². The number of carbonyl (C=O) groups excluding carboxylic acids is 2. The van der Waals surface area contributed by atoms with Crippen molar-refractivity contribution in [3.63, 3.8) is 0 Å². The second-order valence-corrected chi connectivity index (χ2v) is 8.91. The van der Waals surface area contributed by atoms with Gasteiger partial charge in [-0.05, 0) is 48.7 Å². The first kappa shape index (κ1) is 21.3. The summed E-state index contributed by atoms with van der Waals surface area (Å²) in [6, 6.07) is 12.9. The van der Waals surface area contributed by atoms with Gasteiger partial charge in [-0.25, -0.2) is 13.6 Å². The minimum Gasteiger partial charge on any atom is -0.352 e. The summed E-state index contributed by atoms with van der Waals surface area (Å²) in [4.78, 5) is 26.7. The lowest BCUT2D eigenvalue weighted by Crippen LogP contribution is -2.43. The van der Waals surface area contributed by atoms with Crippen molar-refractivity contribution in [2.24, 2.45) is 11.1 Å². The fourth-order valence-corrected chi connectivity index (χ4v) is 4.00. The van der Waals surface area contributed by atoms with Crippen molar-refractivity contribution in [2.45, 2.75) is 24.3 Å². The molecule has 0 aromatic heterocycles. The summed E-state index contributed by atoms with van der Waals surface area (Å²) in [6.07, 6.45) is 1.13. The topological polar surface area (TPSA) is 110 Å². The van der Waals surface area contributed by atoms with Gasteiger partial charge in [0, 0.05) is 36.1 Å². The Balaban J connectivity index is 1.52. The highest BCUT2D eigenvalue weighted by atomic mass is 35.5. The number of sulfonamides is 1. The molecule has 0 aliphatic carbocycles. The van der Waals surface area contributed by atoms with Crippen LogP contribution in [0.1, 0.15) is 28.8 Å². The molecule has 7 nitrogen and oxygen atoms in total. The minimum atomic E-state index is -3.79. The van der Waals surface area contributed by atoms with E-state index in [0.29, 0.717) is 43.1 Å². The van der Waals surface area contributed by atoms with Crippen LogP contribution >= 0.6 is 11.6 Å². The van der Waals surface area contributed by atoms with Gasteiger partial charge in [0.1, 0.15) is 0 Å². The van der Waals surface area contributed by atoms with Gasteiger partial charge >= 0.3 is 0 Å². The van der Waals surface area contributed by atoms with E-state index in [9.17, 15) is 18.0 Å². The van der Waals surface area contributed by atoms with Crippen LogP contribution in [0.4, 0.5) is 0 Å². The van der Waals surface area contributed by atoms with Gasteiger partial charge in [-0.3, -0.25) is 9.59 Å². The quantitative estimate of drug-likeness (QED) is 0.749. The zero-order valence-electron chi connectivity index (χ0n) is 15.7. The number of halogens is 1. The number of nitrogens with zero attached hydrogens (tertiary/aromatic N) is 1. The number of rotatable bonds is 5. The molecule has 0 radical (unpaired) electrons. The zero-order valence-corrected chi connectivity index (χ0v) is 17.2. The van der Waals surface area contributed by atoms with Crippen molar-refractivity contribution >= 4 is 33.4 Å². The highest BCUT2D eigenvalue weighted by Crippen LogP contribution is 2.21. The number of carbonyl (C=O) groups is 2. The Morgan fingerprint density at radius 2 is 1.69 bits per heavy atom. The minimum absolute atomic E-state index is 0.0389. The number of nitrogens with one attached hydrogen (secondary N) is 1. The van der Waals surface area contributed by atoms with Gasteiger partial charge in [-0.2, -0.15) is 0 Å². The van der Waals surface area contributed by atoms with Gasteiger partial charge in [-0.15, -0.1) is 0 Å². The van der Waals surface area contributed by atoms with E-state index < -0.39 is 10.0 Å². The van der Waals surface area contributed by atoms with E-state index in [1.807, 2.05) is 18.2 Å². The van der Waals surface area contributed by atoms with Crippen LogP contribution < -0.4 is 10.5 Å². The molecule has 2 aromatic carbocycles. The molecule has 9 heteroatoms. The lowest BCUT2D eigenvalue weighted by molar-refractivity contribution is -0.126. The number of amides is 2. The third-order valence-corrected chi connectivity index (χ3v) is 6.29. The molecule has 0 saturated carbocycles. The van der Waals surface area contributed by atoms with E-state index >= 15 is 0 Å². The first-order chi connectivity index (χ1) is 13.8. The summed E-state index contributed by atoms with van der Waals surface area (Å²) in [7, 11) is -3.79. The van der Waals surface area contributed by atoms with Crippen molar-refractivity contribution in [1.29, 1.82) is 0 Å². The molecule has 1 heterocycles. The lowest BCUT2D eigenvalue weighted by Gasteiger charge is -2.31. The average molecular weight is 436 g/mol. The maximum atomic E-state index is 12.6. The molecule has 1 fully saturated rings. The summed E-state index contributed by atoms with van der Waals surface area (Å²) in [5, 5.41) is 8.59. The van der Waals surface area contributed by atoms with Gasteiger partial charge in [-0.1, -0.05) is 29.8 Å². The molecule has 0 spiro atoms. The van der Waals surface area contributed by atoms with Crippen LogP contribution in [-0.4, -0.2) is 38.2 Å². The molecule has 0 atom stereocenters. The van der Waals surface area contributed by atoms with Crippen LogP contribution in [-0.2, 0) is 21.4 Å². The van der Waals surface area contributed by atoms with Crippen molar-refractivity contribution in [3.05, 3.63) is 64.7 Å². The number of nitrogens with two attached hydrogens (primary N) is 1. The number of likely N-dealkylation sites (tertiary alicyclic amines) is 1. The molecule has 2 amide bonds. The second-order valence-electron chi connectivity index (χ2n) is 6.95. The summed E-state index contributed by atoms with van der Waals surface area (Å²) in [5.74, 6) is -0.401. The highest BCUT2D eigenvalue weighted by molar-refractivity contribution is 7.89. The summed E-state index contributed by atoms with van der Waals surface area (Å²) >= 11 is 6.10. The fraction of sp³-hybridized carbons (Fsp3) is 0.300. The van der Waals surface area contributed by atoms with Crippen molar-refractivity contribution < 1.29 is 18.0 Å². The monoisotopic (exact) mass is 435 g/mol. The van der Waals surface area contributed by atoms with Crippen LogP contribution in [0.25, 0.3) is 0 Å². The van der Waals surface area contributed by atoms with Crippen LogP contribution in [0.2, 0.25) is 5.02 Å². The maximum absolute atomic E-state index is 12.6. The van der Waals surface area contributed by atoms with Gasteiger partial charge in [0.05, 0.1) is 4.90 Å². The number of piperidine rings is 1. The van der Waals surface area contributed by atoms with Crippen LogP contribution in [0.15, 0.2) is 53.4 Å². The number of benzene rings is 2. The molecule has 0 bridgehead atoms. The molecular weight excluding hydrogens is 414 g/mol. The number of hydrogen-bond acceptors (Lipinski definition) is 4. The molecule has 154 valence electrons. The second kappa shape index (κ2) is 8.94. The van der Waals surface area contributed by atoms with Crippen molar-refractivity contribution in [2.75, 3.05) is 13.1 Å². The lowest BCUT2D eigenvalue weighted by atomic mass is 9.95. The van der Waals surface area contributed by atoms with Gasteiger partial charge < -0.3 is 10.2 Å². The Morgan fingerprint density at radius 3 is 2.28 bits per heavy atom. The zero-order chi connectivity index (χ0) is 21.0. The van der Waals surface area contributed by atoms with E-state index in [1.165, 1.54) is 24.3 Å². The number of hydrogen-bond donors (Lipinski definition) is 2. The molecule has 1 aliphatic rings. The Kier molecular flexibility index (Phi) is 6.56. The third-order valence-electron chi connectivity index (χ3n) is 4.99. The van der Waals surface area contributed by atoms with E-state index in [1.54, 1.807) is 11.0 Å². The SMILES string of the molecule is NS(=O)(=O)c1ccc(C(=O)N2CCC(C(=O)NCc3ccccc3Cl)CC2)cc1. The average Bonchev–Trinajstić information content (AvgIpc) is 2.72. The molecule has 3 N–H and O–H groups in total. The maximum Gasteiger partial charge on any atom is 0.253 e. The van der Waals surface area contributed by atoms with Crippen LogP contribution in [0.5, 0.6) is 0 Å². The van der Waals surface area contributed by atoms with Gasteiger partial charge in [0.25, 0.3) is 5.91 Å². The van der Waals surface area contributed by atoms with Gasteiger partial charge in [0.2, 0.25) is 15.9 Å². The summed E-state index contributed by atoms with van der Waals surface area (Å²) < 4.78 is 22.6. The molecule has 1 aliphatic heterocycles. The fourth-order valence-electron chi connectivity index (χ4n) is 3.28. The van der Waals surface area contributed by atoms with Crippen LogP contribution in [0.3, 0.4) is 0 Å². The first-order valence-corrected chi connectivity index (χ1v) is 11.1. The Labute approximate surface area is 174 Å². The molecule has 0 unspecified atom stereocenters. The van der Waals surface area contributed by atoms with E-state index in [0.717, 1.165) is 5.56 Å². The molecule has 1 saturated heterocycles. The van der Waals surface area contributed by atoms with E-state index in [-0.39, 0.29) is 22.6 Å². The molecule has 2 aromatic rings. The summed E-state index contributed by atoms with van der Waals surface area (Å²) in [5.41, 5.74) is 1.25. The van der Waals surface area contributed by atoms with Crippen LogP contribution in [0, 0.1) is 5.92 Å². The first-order valence-electron chi connectivity index (χ1n) is 9.19. The molecule has 29 heavy (non-hydrogen) atoms. The van der Waals surface area contributed by atoms with Crippen molar-refractivity contribution in [1.82, 2.24) is 10.2 Å².